The number of rotatable bonds is 3. The van der Waals surface area contributed by atoms with Crippen LogP contribution in [-0.2, 0) is 4.79 Å². The van der Waals surface area contributed by atoms with Crippen LogP contribution in [0.25, 0.3) is 0 Å². The van der Waals surface area contributed by atoms with Crippen LogP contribution < -0.4 is 10.6 Å². The monoisotopic (exact) mass is 318 g/mol. The molecule has 3 nitrogen and oxygen atoms in total. The molecule has 1 aliphatic rings. The Hall–Kier alpha value is -1.01. The Morgan fingerprint density at radius 2 is 2.11 bits per heavy atom. The largest absolute Gasteiger partial charge is 0.323 e. The van der Waals surface area contributed by atoms with E-state index >= 15 is 0 Å². The Bertz CT molecular complexity index is 477. The molecule has 1 aromatic carbocycles. The molecule has 1 heterocycles. The van der Waals surface area contributed by atoms with Gasteiger partial charge in [-0.05, 0) is 41.0 Å². The van der Waals surface area contributed by atoms with Crippen LogP contribution in [0.5, 0.6) is 0 Å². The quantitative estimate of drug-likeness (QED) is 0.841. The van der Waals surface area contributed by atoms with Crippen molar-refractivity contribution in [1.82, 2.24) is 5.32 Å². The average molecular weight is 319 g/mol. The molecule has 1 amide bonds. The summed E-state index contributed by atoms with van der Waals surface area (Å²) < 4.78 is 26.6. The summed E-state index contributed by atoms with van der Waals surface area (Å²) in [4.78, 5) is 11.9. The summed E-state index contributed by atoms with van der Waals surface area (Å²) >= 11 is 2.96. The summed E-state index contributed by atoms with van der Waals surface area (Å²) in [7, 11) is 0. The maximum atomic E-state index is 13.5. The molecule has 0 aromatic heterocycles. The third-order valence-electron chi connectivity index (χ3n) is 3.20. The van der Waals surface area contributed by atoms with Crippen LogP contribution in [0.3, 0.4) is 0 Å². The lowest BCUT2D eigenvalue weighted by Gasteiger charge is -2.31. The zero-order valence-corrected chi connectivity index (χ0v) is 11.4. The van der Waals surface area contributed by atoms with Crippen molar-refractivity contribution in [3.63, 3.8) is 0 Å². The van der Waals surface area contributed by atoms with Gasteiger partial charge in [0.1, 0.15) is 11.6 Å². The Morgan fingerprint density at radius 3 is 2.67 bits per heavy atom. The third kappa shape index (κ3) is 2.70. The molecule has 2 N–H and O–H groups in total. The first-order valence-corrected chi connectivity index (χ1v) is 6.44. The van der Waals surface area contributed by atoms with Crippen molar-refractivity contribution in [3.05, 3.63) is 28.2 Å². The first kappa shape index (κ1) is 13.4. The summed E-state index contributed by atoms with van der Waals surface area (Å²) in [5.74, 6) is -1.64. The van der Waals surface area contributed by atoms with Gasteiger partial charge in [0.05, 0.1) is 10.2 Å². The molecule has 1 unspecified atom stereocenters. The summed E-state index contributed by atoms with van der Waals surface area (Å²) in [6.07, 6.45) is 0. The molecule has 1 saturated heterocycles. The second-order valence-corrected chi connectivity index (χ2v) is 5.30. The number of hydrogen-bond acceptors (Lipinski definition) is 2. The molecule has 0 spiro atoms. The van der Waals surface area contributed by atoms with E-state index in [2.05, 4.69) is 26.6 Å². The zero-order chi connectivity index (χ0) is 13.3. The minimum Gasteiger partial charge on any atom is -0.323 e. The summed E-state index contributed by atoms with van der Waals surface area (Å²) in [6.45, 7) is 3.39. The highest BCUT2D eigenvalue weighted by Gasteiger charge is 2.29. The lowest BCUT2D eigenvalue weighted by Crippen LogP contribution is -2.48. The van der Waals surface area contributed by atoms with Crippen LogP contribution in [0.15, 0.2) is 16.6 Å². The number of anilines is 1. The van der Waals surface area contributed by atoms with E-state index in [9.17, 15) is 13.6 Å². The van der Waals surface area contributed by atoms with E-state index in [1.807, 2.05) is 0 Å². The molecule has 1 fully saturated rings. The third-order valence-corrected chi connectivity index (χ3v) is 3.81. The second kappa shape index (κ2) is 5.32. The van der Waals surface area contributed by atoms with Gasteiger partial charge in [-0.1, -0.05) is 6.92 Å². The van der Waals surface area contributed by atoms with Gasteiger partial charge >= 0.3 is 0 Å². The number of nitrogens with one attached hydrogen (secondary N) is 2. The maximum absolute atomic E-state index is 13.5. The van der Waals surface area contributed by atoms with Crippen molar-refractivity contribution in [3.8, 4) is 0 Å². The molecular formula is C12H13BrF2N2O. The van der Waals surface area contributed by atoms with Crippen LogP contribution in [0.2, 0.25) is 0 Å². The fraction of sp³-hybridized carbons (Fsp3) is 0.417. The van der Waals surface area contributed by atoms with Gasteiger partial charge in [0.25, 0.3) is 0 Å². The van der Waals surface area contributed by atoms with Crippen molar-refractivity contribution >= 4 is 27.5 Å². The van der Waals surface area contributed by atoms with Gasteiger partial charge in [0.15, 0.2) is 0 Å². The molecule has 1 aromatic rings. The van der Waals surface area contributed by atoms with E-state index in [0.717, 1.165) is 19.2 Å². The van der Waals surface area contributed by atoms with Gasteiger partial charge < -0.3 is 10.6 Å². The van der Waals surface area contributed by atoms with Crippen molar-refractivity contribution in [2.24, 2.45) is 11.8 Å². The van der Waals surface area contributed by atoms with E-state index < -0.39 is 11.6 Å². The van der Waals surface area contributed by atoms with Crippen molar-refractivity contribution in [1.29, 1.82) is 0 Å². The van der Waals surface area contributed by atoms with Crippen LogP contribution in [0, 0.1) is 23.5 Å². The van der Waals surface area contributed by atoms with E-state index in [-0.39, 0.29) is 27.9 Å². The van der Waals surface area contributed by atoms with Gasteiger partial charge in [0, 0.05) is 12.0 Å². The lowest BCUT2D eigenvalue weighted by atomic mass is 9.88. The molecule has 18 heavy (non-hydrogen) atoms. The Balaban J connectivity index is 2.08. The smallest absolute Gasteiger partial charge is 0.227 e. The number of benzene rings is 1. The highest BCUT2D eigenvalue weighted by Crippen LogP contribution is 2.25. The molecule has 0 radical (unpaired) electrons. The van der Waals surface area contributed by atoms with Crippen molar-refractivity contribution < 1.29 is 13.6 Å². The molecule has 1 atom stereocenters. The average Bonchev–Trinajstić information content (AvgIpc) is 2.23. The van der Waals surface area contributed by atoms with E-state index in [0.29, 0.717) is 0 Å². The van der Waals surface area contributed by atoms with Crippen LogP contribution in [0.1, 0.15) is 6.92 Å². The van der Waals surface area contributed by atoms with E-state index in [4.69, 9.17) is 0 Å². The minimum atomic E-state index is -0.775. The van der Waals surface area contributed by atoms with Gasteiger partial charge in [0.2, 0.25) is 5.91 Å². The predicted molar refractivity (Wildman–Crippen MR) is 68.2 cm³/mol. The van der Waals surface area contributed by atoms with Gasteiger partial charge in [-0.25, -0.2) is 8.78 Å². The van der Waals surface area contributed by atoms with Gasteiger partial charge in [-0.3, -0.25) is 4.79 Å². The topological polar surface area (TPSA) is 41.1 Å². The number of carbonyl (C=O) groups is 1. The zero-order valence-electron chi connectivity index (χ0n) is 9.77. The SMILES string of the molecule is CC(C(=O)Nc1cc(Br)c(F)cc1F)C1CNC1. The fourth-order valence-electron chi connectivity index (χ4n) is 1.74. The summed E-state index contributed by atoms with van der Waals surface area (Å²) in [5, 5.41) is 5.57. The van der Waals surface area contributed by atoms with Gasteiger partial charge in [-0.15, -0.1) is 0 Å². The fourth-order valence-corrected chi connectivity index (χ4v) is 2.09. The number of halogens is 3. The standard InChI is InChI=1S/C12H13BrF2N2O/c1-6(7-4-16-5-7)12(18)17-11-2-8(13)9(14)3-10(11)15/h2-3,6-7,16H,4-5H2,1H3,(H,17,18). The molecule has 98 valence electrons. The molecule has 0 saturated carbocycles. The molecular weight excluding hydrogens is 306 g/mol. The van der Waals surface area contributed by atoms with Crippen molar-refractivity contribution in [2.75, 3.05) is 18.4 Å². The Morgan fingerprint density at radius 1 is 1.44 bits per heavy atom. The van der Waals surface area contributed by atoms with Crippen LogP contribution >= 0.6 is 15.9 Å². The normalized spacial score (nSPS) is 17.1. The lowest BCUT2D eigenvalue weighted by molar-refractivity contribution is -0.121. The molecule has 0 aliphatic carbocycles. The second-order valence-electron chi connectivity index (χ2n) is 4.44. The first-order chi connectivity index (χ1) is 8.49. The maximum Gasteiger partial charge on any atom is 0.227 e. The summed E-state index contributed by atoms with van der Waals surface area (Å²) in [6, 6.07) is 1.98. The highest BCUT2D eigenvalue weighted by molar-refractivity contribution is 9.10. The predicted octanol–water partition coefficient (Wildman–Crippen LogP) is 2.52. The van der Waals surface area contributed by atoms with Crippen LogP contribution in [0.4, 0.5) is 14.5 Å². The molecule has 2 rings (SSSR count). The number of hydrogen-bond donors (Lipinski definition) is 2. The number of amides is 1. The van der Waals surface area contributed by atoms with E-state index in [1.165, 1.54) is 6.07 Å². The minimum absolute atomic E-state index is 0.00703. The summed E-state index contributed by atoms with van der Waals surface area (Å²) in [5.41, 5.74) is -0.00703. The van der Waals surface area contributed by atoms with E-state index in [1.54, 1.807) is 6.92 Å². The molecule has 6 heteroatoms. The first-order valence-electron chi connectivity index (χ1n) is 5.65. The number of carbonyl (C=O) groups excluding carboxylic acids is 1. The molecule has 1 aliphatic heterocycles. The highest BCUT2D eigenvalue weighted by atomic mass is 79.9. The van der Waals surface area contributed by atoms with Crippen molar-refractivity contribution in [2.45, 2.75) is 6.92 Å². The Labute approximate surface area is 112 Å². The Kier molecular flexibility index (Phi) is 3.97. The molecule has 0 bridgehead atoms. The van der Waals surface area contributed by atoms with Gasteiger partial charge in [-0.2, -0.15) is 0 Å². The van der Waals surface area contributed by atoms with Crippen LogP contribution in [-0.4, -0.2) is 19.0 Å².